The Balaban J connectivity index is 1.58. The van der Waals surface area contributed by atoms with Crippen molar-refractivity contribution in [1.82, 2.24) is 5.32 Å². The molecule has 1 heterocycles. The molecule has 2 aliphatic rings. The predicted molar refractivity (Wildman–Crippen MR) is 106 cm³/mol. The van der Waals surface area contributed by atoms with Crippen molar-refractivity contribution >= 4 is 11.7 Å². The van der Waals surface area contributed by atoms with Crippen LogP contribution in [0.3, 0.4) is 0 Å². The molecular weight excluding hydrogens is 353 g/mol. The van der Waals surface area contributed by atoms with E-state index in [1.807, 2.05) is 0 Å². The second-order valence-electron chi connectivity index (χ2n) is 8.39. The number of halogens is 1. The third-order valence-electron chi connectivity index (χ3n) is 6.40. The second kappa shape index (κ2) is 7.50. The molecule has 2 aromatic carbocycles. The van der Waals surface area contributed by atoms with Crippen LogP contribution in [0.1, 0.15) is 54.7 Å². The van der Waals surface area contributed by atoms with Gasteiger partial charge in [0.05, 0.1) is 5.92 Å². The topological polar surface area (TPSA) is 46.2 Å². The lowest BCUT2D eigenvalue weighted by atomic mass is 9.72. The third-order valence-corrected chi connectivity index (χ3v) is 6.40. The Morgan fingerprint density at radius 1 is 1.07 bits per heavy atom. The number of benzene rings is 2. The highest BCUT2D eigenvalue weighted by Crippen LogP contribution is 2.50. The normalized spacial score (nSPS) is 23.1. The molecule has 2 fully saturated rings. The monoisotopic (exact) mass is 379 g/mol. The molecule has 1 saturated carbocycles. The summed E-state index contributed by atoms with van der Waals surface area (Å²) in [5, 5.41) is 3.28. The summed E-state index contributed by atoms with van der Waals surface area (Å²) in [5.74, 6) is -0.596. The SMILES string of the molecule is Cc1ccc([C@H]2C(CC(=O)Cc3ccc(F)cc3)C(=O)NC23CCCC3)cc1. The summed E-state index contributed by atoms with van der Waals surface area (Å²) in [5.41, 5.74) is 2.90. The van der Waals surface area contributed by atoms with E-state index < -0.39 is 0 Å². The van der Waals surface area contributed by atoms with E-state index in [4.69, 9.17) is 0 Å². The molecule has 2 aromatic rings. The van der Waals surface area contributed by atoms with Crippen LogP contribution >= 0.6 is 0 Å². The summed E-state index contributed by atoms with van der Waals surface area (Å²) in [7, 11) is 0. The van der Waals surface area contributed by atoms with Gasteiger partial charge < -0.3 is 5.32 Å². The summed E-state index contributed by atoms with van der Waals surface area (Å²) in [4.78, 5) is 25.7. The molecule has 0 radical (unpaired) electrons. The Hall–Kier alpha value is -2.49. The van der Waals surface area contributed by atoms with Crippen LogP contribution in [0.4, 0.5) is 4.39 Å². The van der Waals surface area contributed by atoms with Gasteiger partial charge >= 0.3 is 0 Å². The number of hydrogen-bond acceptors (Lipinski definition) is 2. The maximum absolute atomic E-state index is 13.1. The van der Waals surface area contributed by atoms with Crippen LogP contribution in [0.15, 0.2) is 48.5 Å². The number of rotatable bonds is 5. The molecule has 0 aromatic heterocycles. The average molecular weight is 379 g/mol. The van der Waals surface area contributed by atoms with E-state index in [0.717, 1.165) is 36.8 Å². The average Bonchev–Trinajstić information content (AvgIpc) is 3.23. The molecule has 3 nitrogen and oxygen atoms in total. The number of ketones is 1. The minimum Gasteiger partial charge on any atom is -0.350 e. The van der Waals surface area contributed by atoms with Gasteiger partial charge in [0, 0.05) is 24.3 Å². The Morgan fingerprint density at radius 2 is 1.71 bits per heavy atom. The van der Waals surface area contributed by atoms with E-state index in [-0.39, 0.29) is 47.7 Å². The quantitative estimate of drug-likeness (QED) is 0.833. The highest BCUT2D eigenvalue weighted by atomic mass is 19.1. The Labute approximate surface area is 165 Å². The smallest absolute Gasteiger partial charge is 0.224 e. The lowest BCUT2D eigenvalue weighted by molar-refractivity contribution is -0.127. The first kappa shape index (κ1) is 18.9. The number of amides is 1. The molecule has 1 N–H and O–H groups in total. The van der Waals surface area contributed by atoms with Crippen LogP contribution in [0.2, 0.25) is 0 Å². The number of Topliss-reactive ketones (excluding diaryl/α,β-unsaturated/α-hetero) is 1. The molecule has 0 bridgehead atoms. The number of carbonyl (C=O) groups excluding carboxylic acids is 2. The van der Waals surface area contributed by atoms with E-state index >= 15 is 0 Å². The lowest BCUT2D eigenvalue weighted by Gasteiger charge is -2.33. The zero-order chi connectivity index (χ0) is 19.7. The van der Waals surface area contributed by atoms with Crippen molar-refractivity contribution in [3.8, 4) is 0 Å². The fourth-order valence-electron chi connectivity index (χ4n) is 5.08. The molecular formula is C24H26FNO2. The van der Waals surface area contributed by atoms with Crippen LogP contribution < -0.4 is 5.32 Å². The fraction of sp³-hybridized carbons (Fsp3) is 0.417. The van der Waals surface area contributed by atoms with Crippen molar-refractivity contribution in [2.45, 2.75) is 56.9 Å². The van der Waals surface area contributed by atoms with Gasteiger partial charge in [0.25, 0.3) is 0 Å². The van der Waals surface area contributed by atoms with Crippen LogP contribution in [-0.4, -0.2) is 17.2 Å². The van der Waals surface area contributed by atoms with Gasteiger partial charge in [-0.3, -0.25) is 9.59 Å². The molecule has 1 saturated heterocycles. The van der Waals surface area contributed by atoms with Crippen LogP contribution in [0, 0.1) is 18.7 Å². The zero-order valence-corrected chi connectivity index (χ0v) is 16.2. The van der Waals surface area contributed by atoms with Gasteiger partial charge in [0.15, 0.2) is 0 Å². The van der Waals surface area contributed by atoms with Crippen LogP contribution in [-0.2, 0) is 16.0 Å². The highest BCUT2D eigenvalue weighted by Gasteiger charge is 2.54. The Morgan fingerprint density at radius 3 is 2.36 bits per heavy atom. The molecule has 2 atom stereocenters. The largest absolute Gasteiger partial charge is 0.350 e. The van der Waals surface area contributed by atoms with Crippen LogP contribution in [0.25, 0.3) is 0 Å². The first-order valence-electron chi connectivity index (χ1n) is 10.1. The minimum atomic E-state index is -0.339. The summed E-state index contributed by atoms with van der Waals surface area (Å²) in [6.07, 6.45) is 4.62. The van der Waals surface area contributed by atoms with Gasteiger partial charge in [-0.15, -0.1) is 0 Å². The summed E-state index contributed by atoms with van der Waals surface area (Å²) >= 11 is 0. The van der Waals surface area contributed by atoms with Crippen molar-refractivity contribution in [2.24, 2.45) is 5.92 Å². The summed E-state index contributed by atoms with van der Waals surface area (Å²) in [6, 6.07) is 14.4. The van der Waals surface area contributed by atoms with Gasteiger partial charge in [0.1, 0.15) is 11.6 Å². The summed E-state index contributed by atoms with van der Waals surface area (Å²) < 4.78 is 13.1. The fourth-order valence-corrected chi connectivity index (χ4v) is 5.08. The standard InChI is InChI=1S/C24H26FNO2/c1-16-4-8-18(9-5-16)22-21(23(28)26-24(22)12-2-3-13-24)15-20(27)14-17-6-10-19(25)11-7-17/h4-11,21-22H,2-3,12-15H2,1H3,(H,26,28)/t21?,22-/m0/s1. The van der Waals surface area contributed by atoms with Crippen molar-refractivity contribution < 1.29 is 14.0 Å². The van der Waals surface area contributed by atoms with Gasteiger partial charge in [-0.25, -0.2) is 4.39 Å². The van der Waals surface area contributed by atoms with Gasteiger partial charge in [-0.1, -0.05) is 54.8 Å². The molecule has 1 aliphatic carbocycles. The molecule has 4 rings (SSSR count). The highest BCUT2D eigenvalue weighted by molar-refractivity contribution is 5.91. The van der Waals surface area contributed by atoms with Crippen LogP contribution in [0.5, 0.6) is 0 Å². The second-order valence-corrected chi connectivity index (χ2v) is 8.39. The lowest BCUT2D eigenvalue weighted by Crippen LogP contribution is -2.42. The van der Waals surface area contributed by atoms with Gasteiger partial charge in [0.2, 0.25) is 5.91 Å². The molecule has 1 amide bonds. The van der Waals surface area contributed by atoms with E-state index in [2.05, 4.69) is 36.5 Å². The van der Waals surface area contributed by atoms with Gasteiger partial charge in [-0.05, 0) is 43.0 Å². The van der Waals surface area contributed by atoms with E-state index in [9.17, 15) is 14.0 Å². The number of hydrogen-bond donors (Lipinski definition) is 1. The molecule has 1 unspecified atom stereocenters. The van der Waals surface area contributed by atoms with Gasteiger partial charge in [-0.2, -0.15) is 0 Å². The van der Waals surface area contributed by atoms with E-state index in [1.54, 1.807) is 12.1 Å². The van der Waals surface area contributed by atoms with E-state index in [1.165, 1.54) is 17.7 Å². The maximum atomic E-state index is 13.1. The molecule has 146 valence electrons. The molecule has 1 spiro atoms. The first-order chi connectivity index (χ1) is 13.5. The zero-order valence-electron chi connectivity index (χ0n) is 16.2. The van der Waals surface area contributed by atoms with E-state index in [0.29, 0.717) is 0 Å². The molecule has 1 aliphatic heterocycles. The first-order valence-corrected chi connectivity index (χ1v) is 10.1. The number of aryl methyl sites for hydroxylation is 1. The van der Waals surface area contributed by atoms with Crippen molar-refractivity contribution in [3.63, 3.8) is 0 Å². The number of nitrogens with one attached hydrogen (secondary N) is 1. The van der Waals surface area contributed by atoms with Crippen molar-refractivity contribution in [3.05, 3.63) is 71.0 Å². The number of carbonyl (C=O) groups is 2. The predicted octanol–water partition coefficient (Wildman–Crippen LogP) is 4.48. The van der Waals surface area contributed by atoms with Crippen molar-refractivity contribution in [2.75, 3.05) is 0 Å². The van der Waals surface area contributed by atoms with Crippen molar-refractivity contribution in [1.29, 1.82) is 0 Å². The Kier molecular flexibility index (Phi) is 5.05. The minimum absolute atomic E-state index is 0.0000638. The Bertz CT molecular complexity index is 866. The summed E-state index contributed by atoms with van der Waals surface area (Å²) in [6.45, 7) is 2.05. The molecule has 4 heteroatoms. The third kappa shape index (κ3) is 3.60. The maximum Gasteiger partial charge on any atom is 0.224 e. The molecule has 28 heavy (non-hydrogen) atoms.